The van der Waals surface area contributed by atoms with Crippen molar-refractivity contribution in [1.29, 1.82) is 0 Å². The van der Waals surface area contributed by atoms with Crippen LogP contribution in [0.5, 0.6) is 0 Å². The average molecular weight is 242 g/mol. The van der Waals surface area contributed by atoms with E-state index in [1.54, 1.807) is 5.56 Å². The quantitative estimate of drug-likeness (QED) is 0.862. The summed E-state index contributed by atoms with van der Waals surface area (Å²) in [4.78, 5) is 4.19. The Morgan fingerprint density at radius 3 is 2.39 bits per heavy atom. The second-order valence-electron chi connectivity index (χ2n) is 7.01. The fourth-order valence-electron chi connectivity index (χ4n) is 5.60. The van der Waals surface area contributed by atoms with Gasteiger partial charge in [-0.05, 0) is 80.5 Å². The monoisotopic (exact) mass is 242 g/mol. The molecule has 96 valence electrons. The standard InChI is InChI=1S/C16H22N2/c1-17-16-9-12-6-13(10-16)8-15(7-12,11-16)14-2-4-18-5-3-14/h2-5,12-13,17H,6-11H2,1H3. The Bertz CT molecular complexity index is 439. The van der Waals surface area contributed by atoms with Gasteiger partial charge in [-0.25, -0.2) is 0 Å². The Labute approximate surface area is 109 Å². The van der Waals surface area contributed by atoms with Gasteiger partial charge in [-0.15, -0.1) is 0 Å². The van der Waals surface area contributed by atoms with Gasteiger partial charge in [0.2, 0.25) is 0 Å². The Morgan fingerprint density at radius 1 is 1.11 bits per heavy atom. The van der Waals surface area contributed by atoms with E-state index in [9.17, 15) is 0 Å². The molecule has 1 N–H and O–H groups in total. The molecular formula is C16H22N2. The summed E-state index contributed by atoms with van der Waals surface area (Å²) in [6, 6.07) is 4.52. The summed E-state index contributed by atoms with van der Waals surface area (Å²) >= 11 is 0. The van der Waals surface area contributed by atoms with Gasteiger partial charge in [0.1, 0.15) is 0 Å². The Balaban J connectivity index is 1.78. The van der Waals surface area contributed by atoms with Crippen molar-refractivity contribution in [2.75, 3.05) is 7.05 Å². The zero-order chi connectivity index (χ0) is 12.2. The van der Waals surface area contributed by atoms with E-state index >= 15 is 0 Å². The largest absolute Gasteiger partial charge is 0.314 e. The van der Waals surface area contributed by atoms with Crippen LogP contribution < -0.4 is 5.32 Å². The second-order valence-corrected chi connectivity index (χ2v) is 7.01. The van der Waals surface area contributed by atoms with Gasteiger partial charge in [0.15, 0.2) is 0 Å². The SMILES string of the molecule is CNC12CC3CC(C1)CC(c1ccncc1)(C3)C2. The van der Waals surface area contributed by atoms with Gasteiger partial charge >= 0.3 is 0 Å². The number of rotatable bonds is 2. The summed E-state index contributed by atoms with van der Waals surface area (Å²) in [5.74, 6) is 1.90. The van der Waals surface area contributed by atoms with Crippen LogP contribution >= 0.6 is 0 Å². The van der Waals surface area contributed by atoms with Crippen molar-refractivity contribution in [3.05, 3.63) is 30.1 Å². The van der Waals surface area contributed by atoms with Crippen LogP contribution in [0.1, 0.15) is 44.1 Å². The van der Waals surface area contributed by atoms with Crippen LogP contribution in [0.3, 0.4) is 0 Å². The van der Waals surface area contributed by atoms with Crippen molar-refractivity contribution in [3.63, 3.8) is 0 Å². The lowest BCUT2D eigenvalue weighted by molar-refractivity contribution is -0.0374. The highest BCUT2D eigenvalue weighted by molar-refractivity contribution is 5.30. The molecule has 2 heteroatoms. The third-order valence-corrected chi connectivity index (χ3v) is 5.88. The topological polar surface area (TPSA) is 24.9 Å². The van der Waals surface area contributed by atoms with E-state index in [1.807, 2.05) is 12.4 Å². The van der Waals surface area contributed by atoms with E-state index in [-0.39, 0.29) is 0 Å². The first-order valence-corrected chi connectivity index (χ1v) is 7.33. The van der Waals surface area contributed by atoms with Crippen molar-refractivity contribution in [3.8, 4) is 0 Å². The average Bonchev–Trinajstić information content (AvgIpc) is 2.38. The molecular weight excluding hydrogens is 220 g/mol. The molecule has 4 bridgehead atoms. The fourth-order valence-corrected chi connectivity index (χ4v) is 5.60. The number of nitrogens with one attached hydrogen (secondary N) is 1. The summed E-state index contributed by atoms with van der Waals surface area (Å²) in [5.41, 5.74) is 2.44. The normalized spacial score (nSPS) is 45.4. The Hall–Kier alpha value is -0.890. The molecule has 0 amide bonds. The van der Waals surface area contributed by atoms with Crippen molar-refractivity contribution in [1.82, 2.24) is 10.3 Å². The molecule has 0 aromatic carbocycles. The first-order valence-electron chi connectivity index (χ1n) is 7.33. The lowest BCUT2D eigenvalue weighted by atomic mass is 9.45. The zero-order valence-corrected chi connectivity index (χ0v) is 11.2. The molecule has 0 aliphatic heterocycles. The van der Waals surface area contributed by atoms with Crippen LogP contribution in [0, 0.1) is 11.8 Å². The fraction of sp³-hybridized carbons (Fsp3) is 0.688. The van der Waals surface area contributed by atoms with Gasteiger partial charge in [-0.1, -0.05) is 0 Å². The summed E-state index contributed by atoms with van der Waals surface area (Å²) in [5, 5.41) is 3.69. The molecule has 1 aromatic heterocycles. The molecule has 2 nitrogen and oxygen atoms in total. The minimum Gasteiger partial charge on any atom is -0.314 e. The lowest BCUT2D eigenvalue weighted by Gasteiger charge is -2.62. The summed E-state index contributed by atoms with van der Waals surface area (Å²) < 4.78 is 0. The maximum Gasteiger partial charge on any atom is 0.0270 e. The minimum atomic E-state index is 0.438. The molecule has 4 saturated carbocycles. The lowest BCUT2D eigenvalue weighted by Crippen LogP contribution is -2.62. The van der Waals surface area contributed by atoms with Gasteiger partial charge in [0.25, 0.3) is 0 Å². The van der Waals surface area contributed by atoms with Gasteiger partial charge in [0.05, 0.1) is 0 Å². The van der Waals surface area contributed by atoms with Gasteiger partial charge < -0.3 is 5.32 Å². The number of hydrogen-bond donors (Lipinski definition) is 1. The Morgan fingerprint density at radius 2 is 1.78 bits per heavy atom. The molecule has 4 aliphatic rings. The highest BCUT2D eigenvalue weighted by Crippen LogP contribution is 2.62. The number of hydrogen-bond acceptors (Lipinski definition) is 2. The summed E-state index contributed by atoms with van der Waals surface area (Å²) in [7, 11) is 2.17. The maximum absolute atomic E-state index is 4.19. The number of pyridine rings is 1. The second kappa shape index (κ2) is 3.57. The minimum absolute atomic E-state index is 0.438. The first kappa shape index (κ1) is 11.0. The molecule has 0 spiro atoms. The van der Waals surface area contributed by atoms with E-state index < -0.39 is 0 Å². The van der Waals surface area contributed by atoms with E-state index in [0.717, 1.165) is 11.8 Å². The highest BCUT2D eigenvalue weighted by atomic mass is 15.0. The van der Waals surface area contributed by atoms with Crippen LogP contribution in [0.15, 0.2) is 24.5 Å². The van der Waals surface area contributed by atoms with Crippen LogP contribution in [-0.4, -0.2) is 17.6 Å². The molecule has 1 heterocycles. The van der Waals surface area contributed by atoms with E-state index in [4.69, 9.17) is 0 Å². The molecule has 18 heavy (non-hydrogen) atoms. The van der Waals surface area contributed by atoms with Gasteiger partial charge in [-0.3, -0.25) is 4.98 Å². The predicted octanol–water partition coefficient (Wildman–Crippen LogP) is 2.89. The van der Waals surface area contributed by atoms with E-state index in [0.29, 0.717) is 11.0 Å². The molecule has 5 rings (SSSR count). The maximum atomic E-state index is 4.19. The van der Waals surface area contributed by atoms with Crippen molar-refractivity contribution >= 4 is 0 Å². The van der Waals surface area contributed by atoms with Crippen molar-refractivity contribution in [2.45, 2.75) is 49.5 Å². The van der Waals surface area contributed by atoms with Crippen LogP contribution in [0.25, 0.3) is 0 Å². The zero-order valence-electron chi connectivity index (χ0n) is 11.2. The van der Waals surface area contributed by atoms with Crippen LogP contribution in [-0.2, 0) is 5.41 Å². The summed E-state index contributed by atoms with van der Waals surface area (Å²) in [6.45, 7) is 0. The predicted molar refractivity (Wildman–Crippen MR) is 72.4 cm³/mol. The molecule has 1 aromatic rings. The highest BCUT2D eigenvalue weighted by Gasteiger charge is 2.57. The molecule has 4 aliphatic carbocycles. The van der Waals surface area contributed by atoms with Crippen molar-refractivity contribution < 1.29 is 0 Å². The molecule has 2 unspecified atom stereocenters. The smallest absolute Gasteiger partial charge is 0.0270 e. The molecule has 0 radical (unpaired) electrons. The molecule has 2 atom stereocenters. The van der Waals surface area contributed by atoms with E-state index in [1.165, 1.54) is 38.5 Å². The first-order chi connectivity index (χ1) is 8.74. The van der Waals surface area contributed by atoms with Crippen LogP contribution in [0.2, 0.25) is 0 Å². The molecule has 0 saturated heterocycles. The third-order valence-electron chi connectivity index (χ3n) is 5.88. The van der Waals surface area contributed by atoms with Crippen LogP contribution in [0.4, 0.5) is 0 Å². The number of aromatic nitrogens is 1. The van der Waals surface area contributed by atoms with Gasteiger partial charge in [-0.2, -0.15) is 0 Å². The summed E-state index contributed by atoms with van der Waals surface area (Å²) in [6.07, 6.45) is 12.4. The van der Waals surface area contributed by atoms with Gasteiger partial charge in [0, 0.05) is 17.9 Å². The number of nitrogens with zero attached hydrogens (tertiary/aromatic N) is 1. The third kappa shape index (κ3) is 1.41. The Kier molecular flexibility index (Phi) is 2.18. The van der Waals surface area contributed by atoms with E-state index in [2.05, 4.69) is 29.5 Å². The molecule has 4 fully saturated rings. The van der Waals surface area contributed by atoms with Crippen molar-refractivity contribution in [2.24, 2.45) is 11.8 Å².